The van der Waals surface area contributed by atoms with Crippen LogP contribution in [0.15, 0.2) is 0 Å². The van der Waals surface area contributed by atoms with E-state index in [1.54, 1.807) is 0 Å². The van der Waals surface area contributed by atoms with Crippen LogP contribution in [0.3, 0.4) is 0 Å². The van der Waals surface area contributed by atoms with Crippen molar-refractivity contribution >= 4 is 40.1 Å². The minimum atomic E-state index is -2.23. The van der Waals surface area contributed by atoms with E-state index >= 15 is 0 Å². The molecule has 0 saturated heterocycles. The summed E-state index contributed by atoms with van der Waals surface area (Å²) < 4.78 is 22.0. The summed E-state index contributed by atoms with van der Waals surface area (Å²) in [5.41, 5.74) is -2.23. The van der Waals surface area contributed by atoms with Gasteiger partial charge in [-0.2, -0.15) is 0 Å². The molecule has 0 aliphatic heterocycles. The average molecular weight is 276 g/mol. The predicted octanol–water partition coefficient (Wildman–Crippen LogP) is 2.74. The van der Waals surface area contributed by atoms with E-state index in [-0.39, 0.29) is 0 Å². The van der Waals surface area contributed by atoms with Crippen LogP contribution < -0.4 is 0 Å². The van der Waals surface area contributed by atoms with E-state index in [1.807, 2.05) is 20.8 Å². The first-order valence-electron chi connectivity index (χ1n) is 4.46. The van der Waals surface area contributed by atoms with Crippen LogP contribution in [-0.2, 0) is 32.0 Å². The minimum absolute atomic E-state index is 0.508. The molecule has 1 atom stereocenters. The van der Waals surface area contributed by atoms with Crippen LogP contribution in [-0.4, -0.2) is 28.6 Å². The molecule has 0 aromatic heterocycles. The Hall–Kier alpha value is 1.23. The van der Waals surface area contributed by atoms with Crippen LogP contribution in [0, 0.1) is 0 Å². The van der Waals surface area contributed by atoms with Gasteiger partial charge in [-0.1, -0.05) is 0 Å². The maximum absolute atomic E-state index is 11.2. The van der Waals surface area contributed by atoms with Gasteiger partial charge in [0.05, 0.1) is 13.2 Å². The van der Waals surface area contributed by atoms with Crippen molar-refractivity contribution in [2.75, 3.05) is 24.1 Å². The van der Waals surface area contributed by atoms with Crippen LogP contribution >= 0.6 is 17.1 Å². The Morgan fingerprint density at radius 3 is 2.14 bits per heavy atom. The normalized spacial score (nSPS) is 14.3. The van der Waals surface area contributed by atoms with E-state index in [1.165, 1.54) is 11.4 Å². The van der Waals surface area contributed by atoms with Gasteiger partial charge in [0.15, 0.2) is 5.08 Å². The highest BCUT2D eigenvalue weighted by atomic mass is 32.9. The Kier molecular flexibility index (Phi) is 9.13. The molecule has 0 saturated carbocycles. The van der Waals surface area contributed by atoms with Gasteiger partial charge in [-0.05, 0) is 55.1 Å². The summed E-state index contributed by atoms with van der Waals surface area (Å²) in [5, 5.41) is 0.508. The molecule has 3 nitrogen and oxygen atoms in total. The van der Waals surface area contributed by atoms with Crippen molar-refractivity contribution < 1.29 is 13.6 Å². The first-order valence-corrected chi connectivity index (χ1v) is 10.2. The minimum Gasteiger partial charge on any atom is -0.616 e. The molecule has 86 valence electrons. The fourth-order valence-corrected chi connectivity index (χ4v) is 8.24. The third kappa shape index (κ3) is 6.67. The van der Waals surface area contributed by atoms with Crippen molar-refractivity contribution in [2.24, 2.45) is 0 Å². The SMILES string of the molecule is CCOP(=S)(OCC)SC[S+]([O-])CC. The summed E-state index contributed by atoms with van der Waals surface area (Å²) in [5.74, 6) is 0.653. The average Bonchev–Trinajstić information content (AvgIpc) is 2.15. The fourth-order valence-electron chi connectivity index (χ4n) is 0.635. The van der Waals surface area contributed by atoms with Crippen LogP contribution in [0.5, 0.6) is 0 Å². The van der Waals surface area contributed by atoms with Gasteiger partial charge in [0.1, 0.15) is 5.75 Å². The molecular formula is C7H17O3PS3. The van der Waals surface area contributed by atoms with Crippen LogP contribution in [0.1, 0.15) is 20.8 Å². The van der Waals surface area contributed by atoms with Crippen molar-refractivity contribution in [1.82, 2.24) is 0 Å². The number of hydrogen-bond donors (Lipinski definition) is 0. The van der Waals surface area contributed by atoms with Crippen molar-refractivity contribution in [1.29, 1.82) is 0 Å². The summed E-state index contributed by atoms with van der Waals surface area (Å²) in [6, 6.07) is 0. The molecule has 0 bridgehead atoms. The van der Waals surface area contributed by atoms with Gasteiger partial charge >= 0.3 is 0 Å². The summed E-state index contributed by atoms with van der Waals surface area (Å²) in [4.78, 5) is 0. The van der Waals surface area contributed by atoms with Crippen molar-refractivity contribution in [2.45, 2.75) is 20.8 Å². The van der Waals surface area contributed by atoms with Gasteiger partial charge in [0.25, 0.3) is 5.69 Å². The van der Waals surface area contributed by atoms with Crippen LogP contribution in [0.2, 0.25) is 0 Å². The Morgan fingerprint density at radius 1 is 1.29 bits per heavy atom. The zero-order chi connectivity index (χ0) is 11.0. The summed E-state index contributed by atoms with van der Waals surface area (Å²) >= 11 is 5.83. The quantitative estimate of drug-likeness (QED) is 0.503. The molecule has 0 N–H and O–H groups in total. The molecule has 0 aliphatic rings. The van der Waals surface area contributed by atoms with Crippen molar-refractivity contribution in [3.05, 3.63) is 0 Å². The molecular weight excluding hydrogens is 259 g/mol. The lowest BCUT2D eigenvalue weighted by atomic mass is 10.9. The second kappa shape index (κ2) is 8.39. The fraction of sp³-hybridized carbons (Fsp3) is 1.00. The topological polar surface area (TPSA) is 41.5 Å². The number of rotatable bonds is 8. The Labute approximate surface area is 98.4 Å². The molecule has 7 heteroatoms. The third-order valence-corrected chi connectivity index (χ3v) is 8.93. The van der Waals surface area contributed by atoms with Crippen LogP contribution in [0.25, 0.3) is 0 Å². The molecule has 0 heterocycles. The lowest BCUT2D eigenvalue weighted by Crippen LogP contribution is -2.06. The first kappa shape index (κ1) is 15.2. The van der Waals surface area contributed by atoms with E-state index in [4.69, 9.17) is 20.9 Å². The molecule has 0 aromatic carbocycles. The third-order valence-electron chi connectivity index (χ3n) is 1.24. The lowest BCUT2D eigenvalue weighted by molar-refractivity contribution is 0.280. The van der Waals surface area contributed by atoms with E-state index in [2.05, 4.69) is 0 Å². The molecule has 1 unspecified atom stereocenters. The zero-order valence-electron chi connectivity index (χ0n) is 8.73. The van der Waals surface area contributed by atoms with Gasteiger partial charge in [-0.3, -0.25) is 0 Å². The smallest absolute Gasteiger partial charge is 0.251 e. The Bertz CT molecular complexity index is 181. The largest absolute Gasteiger partial charge is 0.616 e. The van der Waals surface area contributed by atoms with Gasteiger partial charge in [-0.25, -0.2) is 0 Å². The van der Waals surface area contributed by atoms with Gasteiger partial charge in [0, 0.05) is 0 Å². The highest BCUT2D eigenvalue weighted by Crippen LogP contribution is 2.61. The second-order valence-corrected chi connectivity index (χ2v) is 10.7. The monoisotopic (exact) mass is 276 g/mol. The zero-order valence-corrected chi connectivity index (χ0v) is 12.1. The van der Waals surface area contributed by atoms with Gasteiger partial charge < -0.3 is 13.6 Å². The maximum Gasteiger partial charge on any atom is 0.251 e. The molecule has 0 amide bonds. The first-order chi connectivity index (χ1) is 6.58. The molecule has 14 heavy (non-hydrogen) atoms. The molecule has 0 fully saturated rings. The van der Waals surface area contributed by atoms with Gasteiger partial charge in [0.2, 0.25) is 0 Å². The summed E-state index contributed by atoms with van der Waals surface area (Å²) in [7, 11) is 0. The van der Waals surface area contributed by atoms with E-state index in [9.17, 15) is 4.55 Å². The Morgan fingerprint density at radius 2 is 1.79 bits per heavy atom. The van der Waals surface area contributed by atoms with E-state index in [0.717, 1.165) is 0 Å². The van der Waals surface area contributed by atoms with Crippen molar-refractivity contribution in [3.8, 4) is 0 Å². The second-order valence-electron chi connectivity index (χ2n) is 2.26. The molecule has 0 rings (SSSR count). The van der Waals surface area contributed by atoms with Crippen molar-refractivity contribution in [3.63, 3.8) is 0 Å². The van der Waals surface area contributed by atoms with Crippen LogP contribution in [0.4, 0.5) is 0 Å². The van der Waals surface area contributed by atoms with Gasteiger partial charge in [-0.15, -0.1) is 0 Å². The summed E-state index contributed by atoms with van der Waals surface area (Å²) in [6.07, 6.45) is 0. The molecule has 0 aromatic rings. The maximum atomic E-state index is 11.2. The molecule has 0 aliphatic carbocycles. The van der Waals surface area contributed by atoms with E-state index in [0.29, 0.717) is 24.1 Å². The molecule has 0 spiro atoms. The Balaban J connectivity index is 4.02. The highest BCUT2D eigenvalue weighted by molar-refractivity contribution is 8.69. The molecule has 0 radical (unpaired) electrons. The highest BCUT2D eigenvalue weighted by Gasteiger charge is 2.21. The predicted molar refractivity (Wildman–Crippen MR) is 68.7 cm³/mol. The summed E-state index contributed by atoms with van der Waals surface area (Å²) in [6.45, 7) is 6.75. The number of hydrogen-bond acceptors (Lipinski definition) is 5. The lowest BCUT2D eigenvalue weighted by Gasteiger charge is -2.20. The standard InChI is InChI=1S/C7H17O3PS3/c1-4-9-11(12,10-5-2)13-7-14(8)6-3/h4-7H2,1-3H3. The van der Waals surface area contributed by atoms with E-state index < -0.39 is 16.9 Å².